The Kier molecular flexibility index (Phi) is 7.92. The van der Waals surface area contributed by atoms with E-state index >= 15 is 0 Å². The number of benzene rings is 3. The number of hydrogen-bond donors (Lipinski definition) is 1. The number of nitrogens with one attached hydrogen (secondary N) is 1. The number of aryl methyl sites for hydroxylation is 3. The molecule has 6 heteroatoms. The summed E-state index contributed by atoms with van der Waals surface area (Å²) in [5.74, 6) is -0.185. The van der Waals surface area contributed by atoms with Crippen LogP contribution in [0.25, 0.3) is 0 Å². The Balaban J connectivity index is 1.75. The van der Waals surface area contributed by atoms with E-state index in [-0.39, 0.29) is 12.5 Å². The molecule has 33 heavy (non-hydrogen) atoms. The van der Waals surface area contributed by atoms with Crippen LogP contribution in [0.3, 0.4) is 0 Å². The van der Waals surface area contributed by atoms with Crippen molar-refractivity contribution in [1.82, 2.24) is 5.32 Å². The van der Waals surface area contributed by atoms with Crippen LogP contribution in [-0.2, 0) is 36.0 Å². The number of carbonyl (C=O) groups is 1. The van der Waals surface area contributed by atoms with E-state index in [1.165, 1.54) is 21.7 Å². The van der Waals surface area contributed by atoms with Gasteiger partial charge in [0.1, 0.15) is 0 Å². The predicted molar refractivity (Wildman–Crippen MR) is 135 cm³/mol. The molecule has 0 heterocycles. The lowest BCUT2D eigenvalue weighted by molar-refractivity contribution is 0.0951. The maximum atomic E-state index is 12.7. The van der Waals surface area contributed by atoms with Gasteiger partial charge in [0.25, 0.3) is 5.91 Å². The van der Waals surface area contributed by atoms with E-state index < -0.39 is 10.0 Å². The van der Waals surface area contributed by atoms with Crippen LogP contribution in [0.5, 0.6) is 0 Å². The minimum Gasteiger partial charge on any atom is -0.348 e. The molecule has 174 valence electrons. The number of amides is 1. The molecule has 0 atom stereocenters. The average molecular weight is 465 g/mol. The molecule has 0 saturated carbocycles. The van der Waals surface area contributed by atoms with Crippen molar-refractivity contribution in [1.29, 1.82) is 0 Å². The van der Waals surface area contributed by atoms with Crippen LogP contribution in [0, 0.1) is 6.92 Å². The predicted octanol–water partition coefficient (Wildman–Crippen LogP) is 5.02. The lowest BCUT2D eigenvalue weighted by atomic mass is 10.0. The van der Waals surface area contributed by atoms with E-state index in [0.29, 0.717) is 17.8 Å². The monoisotopic (exact) mass is 464 g/mol. The maximum absolute atomic E-state index is 12.7. The first-order valence-corrected chi connectivity index (χ1v) is 13.1. The summed E-state index contributed by atoms with van der Waals surface area (Å²) >= 11 is 0. The van der Waals surface area contributed by atoms with Crippen molar-refractivity contribution in [2.45, 2.75) is 46.7 Å². The molecule has 1 amide bonds. The largest absolute Gasteiger partial charge is 0.348 e. The average Bonchev–Trinajstić information content (AvgIpc) is 2.81. The van der Waals surface area contributed by atoms with Gasteiger partial charge < -0.3 is 5.32 Å². The summed E-state index contributed by atoms with van der Waals surface area (Å²) in [5, 5.41) is 3.00. The van der Waals surface area contributed by atoms with E-state index in [0.717, 1.165) is 29.5 Å². The van der Waals surface area contributed by atoms with E-state index in [1.807, 2.05) is 31.2 Å². The Morgan fingerprint density at radius 2 is 1.58 bits per heavy atom. The smallest absolute Gasteiger partial charge is 0.251 e. The molecule has 5 nitrogen and oxygen atoms in total. The van der Waals surface area contributed by atoms with Gasteiger partial charge in [-0.1, -0.05) is 56.3 Å². The molecule has 3 aromatic rings. The van der Waals surface area contributed by atoms with Crippen molar-refractivity contribution in [3.63, 3.8) is 0 Å². The molecule has 3 rings (SSSR count). The fourth-order valence-electron chi connectivity index (χ4n) is 3.81. The second kappa shape index (κ2) is 10.7. The Morgan fingerprint density at radius 3 is 2.18 bits per heavy atom. The first kappa shape index (κ1) is 24.5. The van der Waals surface area contributed by atoms with Gasteiger partial charge in [-0.15, -0.1) is 0 Å². The summed E-state index contributed by atoms with van der Waals surface area (Å²) in [4.78, 5) is 12.7. The van der Waals surface area contributed by atoms with Gasteiger partial charge in [-0.05, 0) is 71.8 Å². The van der Waals surface area contributed by atoms with Gasteiger partial charge in [0.05, 0.1) is 18.5 Å². The molecule has 3 aromatic carbocycles. The van der Waals surface area contributed by atoms with Gasteiger partial charge >= 0.3 is 0 Å². The molecule has 0 aliphatic rings. The molecule has 0 fully saturated rings. The van der Waals surface area contributed by atoms with Crippen LogP contribution in [0.2, 0.25) is 0 Å². The van der Waals surface area contributed by atoms with Crippen molar-refractivity contribution in [2.75, 3.05) is 10.6 Å². The second-order valence-corrected chi connectivity index (χ2v) is 10.1. The standard InChI is InChI=1S/C27H32N2O3S/c1-5-21-11-12-22(6-2)25(17-21)18-28-27(30)23-13-15-26(16-14-23)29(33(4,31)32)19-24-10-8-7-9-20(24)3/h7-17H,5-6,18-19H2,1-4H3,(H,28,30). The summed E-state index contributed by atoms with van der Waals surface area (Å²) in [6.45, 7) is 6.88. The van der Waals surface area contributed by atoms with Crippen molar-refractivity contribution in [3.8, 4) is 0 Å². The van der Waals surface area contributed by atoms with Gasteiger partial charge in [0.2, 0.25) is 10.0 Å². The highest BCUT2D eigenvalue weighted by Crippen LogP contribution is 2.23. The van der Waals surface area contributed by atoms with Gasteiger partial charge in [-0.25, -0.2) is 8.42 Å². The van der Waals surface area contributed by atoms with Crippen LogP contribution < -0.4 is 9.62 Å². The van der Waals surface area contributed by atoms with Crippen LogP contribution in [0.4, 0.5) is 5.69 Å². The quantitative estimate of drug-likeness (QED) is 0.484. The van der Waals surface area contributed by atoms with Gasteiger partial charge in [0.15, 0.2) is 0 Å². The highest BCUT2D eigenvalue weighted by molar-refractivity contribution is 7.92. The molecular weight excluding hydrogens is 432 g/mol. The second-order valence-electron chi connectivity index (χ2n) is 8.24. The highest BCUT2D eigenvalue weighted by Gasteiger charge is 2.19. The molecule has 0 radical (unpaired) electrons. The van der Waals surface area contributed by atoms with Crippen LogP contribution >= 0.6 is 0 Å². The first-order valence-electron chi connectivity index (χ1n) is 11.2. The molecule has 0 unspecified atom stereocenters. The summed E-state index contributed by atoms with van der Waals surface area (Å²) in [5.41, 5.74) is 6.59. The lowest BCUT2D eigenvalue weighted by Crippen LogP contribution is -2.29. The number of hydrogen-bond acceptors (Lipinski definition) is 3. The Bertz CT molecular complexity index is 1220. The van der Waals surface area contributed by atoms with E-state index in [9.17, 15) is 13.2 Å². The van der Waals surface area contributed by atoms with E-state index in [4.69, 9.17) is 0 Å². The molecular formula is C27H32N2O3S. The molecule has 0 bridgehead atoms. The van der Waals surface area contributed by atoms with Gasteiger partial charge in [0, 0.05) is 12.1 Å². The number of nitrogens with zero attached hydrogens (tertiary/aromatic N) is 1. The zero-order chi connectivity index (χ0) is 24.0. The third-order valence-electron chi connectivity index (χ3n) is 5.89. The van der Waals surface area contributed by atoms with Crippen LogP contribution in [-0.4, -0.2) is 20.6 Å². The number of sulfonamides is 1. The number of carbonyl (C=O) groups excluding carboxylic acids is 1. The van der Waals surface area contributed by atoms with Crippen molar-refractivity contribution < 1.29 is 13.2 Å². The number of anilines is 1. The number of rotatable bonds is 9. The topological polar surface area (TPSA) is 66.5 Å². The minimum absolute atomic E-state index is 0.185. The maximum Gasteiger partial charge on any atom is 0.251 e. The fraction of sp³-hybridized carbons (Fsp3) is 0.296. The molecule has 0 aromatic heterocycles. The summed E-state index contributed by atoms with van der Waals surface area (Å²) in [6, 6.07) is 20.8. The zero-order valence-corrected chi connectivity index (χ0v) is 20.6. The van der Waals surface area contributed by atoms with E-state index in [2.05, 4.69) is 37.4 Å². The Labute approximate surface area is 197 Å². The highest BCUT2D eigenvalue weighted by atomic mass is 32.2. The zero-order valence-electron chi connectivity index (χ0n) is 19.8. The normalized spacial score (nSPS) is 11.3. The van der Waals surface area contributed by atoms with Crippen molar-refractivity contribution in [3.05, 3.63) is 100 Å². The van der Waals surface area contributed by atoms with Crippen molar-refractivity contribution >= 4 is 21.6 Å². The van der Waals surface area contributed by atoms with E-state index in [1.54, 1.807) is 24.3 Å². The molecule has 1 N–H and O–H groups in total. The van der Waals surface area contributed by atoms with Gasteiger partial charge in [-0.2, -0.15) is 0 Å². The molecule has 0 spiro atoms. The van der Waals surface area contributed by atoms with Crippen LogP contribution in [0.15, 0.2) is 66.7 Å². The summed E-state index contributed by atoms with van der Waals surface area (Å²) in [7, 11) is -3.49. The van der Waals surface area contributed by atoms with Crippen molar-refractivity contribution in [2.24, 2.45) is 0 Å². The first-order chi connectivity index (χ1) is 15.7. The van der Waals surface area contributed by atoms with Crippen LogP contribution in [0.1, 0.15) is 52.0 Å². The minimum atomic E-state index is -3.49. The Morgan fingerprint density at radius 1 is 0.879 bits per heavy atom. The third kappa shape index (κ3) is 6.23. The fourth-order valence-corrected chi connectivity index (χ4v) is 4.69. The summed E-state index contributed by atoms with van der Waals surface area (Å²) in [6.07, 6.45) is 3.06. The van der Waals surface area contributed by atoms with Gasteiger partial charge in [-0.3, -0.25) is 9.10 Å². The third-order valence-corrected chi connectivity index (χ3v) is 7.03. The SMILES string of the molecule is CCc1ccc(CC)c(CNC(=O)c2ccc(N(Cc3ccccc3C)S(C)(=O)=O)cc2)c1. The molecule has 0 aliphatic heterocycles. The Hall–Kier alpha value is -3.12. The summed E-state index contributed by atoms with van der Waals surface area (Å²) < 4.78 is 26.3. The molecule has 0 saturated heterocycles. The molecule has 0 aliphatic carbocycles. The lowest BCUT2D eigenvalue weighted by Gasteiger charge is -2.23.